The highest BCUT2D eigenvalue weighted by molar-refractivity contribution is 5.89. The van der Waals surface area contributed by atoms with Crippen molar-refractivity contribution in [1.82, 2.24) is 5.43 Å². The maximum atomic E-state index is 11.5. The van der Waals surface area contributed by atoms with Gasteiger partial charge in [0.2, 0.25) is 0 Å². The van der Waals surface area contributed by atoms with Gasteiger partial charge < -0.3 is 9.59 Å². The number of carboxylic acids is 1. The van der Waals surface area contributed by atoms with Crippen molar-refractivity contribution in [1.29, 1.82) is 0 Å². The molecule has 0 saturated heterocycles. The van der Waals surface area contributed by atoms with Gasteiger partial charge in [-0.15, -0.1) is 0 Å². The zero-order chi connectivity index (χ0) is 14.5. The van der Waals surface area contributed by atoms with Crippen LogP contribution in [0.4, 0.5) is 0 Å². The van der Waals surface area contributed by atoms with Gasteiger partial charge in [-0.25, -0.2) is 10.2 Å². The van der Waals surface area contributed by atoms with E-state index in [-0.39, 0.29) is 11.5 Å². The van der Waals surface area contributed by atoms with Crippen molar-refractivity contribution in [3.05, 3.63) is 35.4 Å². The molecule has 102 valence electrons. The van der Waals surface area contributed by atoms with Gasteiger partial charge in [-0.1, -0.05) is 12.1 Å². The Bertz CT molecular complexity index is 487. The Morgan fingerprint density at radius 3 is 2.32 bits per heavy atom. The molecule has 0 aromatic heterocycles. The molecule has 0 aliphatic carbocycles. The fraction of sp³-hybridized carbons (Fsp3) is 0.308. The van der Waals surface area contributed by atoms with E-state index in [2.05, 4.69) is 10.5 Å². The highest BCUT2D eigenvalue weighted by Crippen LogP contribution is 2.02. The molecular weight excluding hydrogens is 246 g/mol. The van der Waals surface area contributed by atoms with Gasteiger partial charge >= 0.3 is 5.97 Å². The van der Waals surface area contributed by atoms with Crippen LogP contribution in [0.25, 0.3) is 0 Å². The predicted molar refractivity (Wildman–Crippen MR) is 72.0 cm³/mol. The van der Waals surface area contributed by atoms with Gasteiger partial charge in [0.15, 0.2) is 6.54 Å². The van der Waals surface area contributed by atoms with E-state index in [4.69, 9.17) is 5.11 Å². The van der Waals surface area contributed by atoms with Crippen molar-refractivity contribution in [3.8, 4) is 0 Å². The lowest BCUT2D eigenvalue weighted by Gasteiger charge is -2.21. The molecule has 0 atom stereocenters. The van der Waals surface area contributed by atoms with Gasteiger partial charge in [-0.3, -0.25) is 4.79 Å². The fourth-order valence-electron chi connectivity index (χ4n) is 1.36. The summed E-state index contributed by atoms with van der Waals surface area (Å²) in [7, 11) is 5.73. The third-order valence-electron chi connectivity index (χ3n) is 2.18. The minimum atomic E-state index is -0.972. The molecule has 0 aliphatic rings. The lowest BCUT2D eigenvalue weighted by molar-refractivity contribution is -0.862. The molecule has 0 heterocycles. The number of amides is 1. The van der Waals surface area contributed by atoms with Crippen LogP contribution in [-0.2, 0) is 4.79 Å². The first-order valence-corrected chi connectivity index (χ1v) is 5.74. The van der Waals surface area contributed by atoms with Crippen molar-refractivity contribution in [2.24, 2.45) is 5.10 Å². The van der Waals surface area contributed by atoms with Crippen molar-refractivity contribution >= 4 is 18.1 Å². The van der Waals surface area contributed by atoms with Crippen molar-refractivity contribution < 1.29 is 19.2 Å². The van der Waals surface area contributed by atoms with Crippen molar-refractivity contribution in [2.75, 3.05) is 27.7 Å². The Morgan fingerprint density at radius 2 is 1.84 bits per heavy atom. The predicted octanol–water partition coefficient (Wildman–Crippen LogP) is 0.541. The van der Waals surface area contributed by atoms with Crippen LogP contribution in [0, 0.1) is 0 Å². The number of benzene rings is 1. The molecule has 6 heteroatoms. The number of carboxylic acid groups (broad SMARTS) is 1. The number of likely N-dealkylation sites (N-methyl/N-ethyl adjacent to an activating group) is 1. The summed E-state index contributed by atoms with van der Waals surface area (Å²) in [6, 6.07) is 6.22. The molecule has 6 nitrogen and oxygen atoms in total. The Hall–Kier alpha value is -2.21. The molecule has 1 amide bonds. The van der Waals surface area contributed by atoms with E-state index in [1.165, 1.54) is 18.3 Å². The molecule has 1 aromatic carbocycles. The summed E-state index contributed by atoms with van der Waals surface area (Å²) >= 11 is 0. The fourth-order valence-corrected chi connectivity index (χ4v) is 1.36. The van der Waals surface area contributed by atoms with Crippen LogP contribution in [0.3, 0.4) is 0 Å². The topological polar surface area (TPSA) is 78.8 Å². The first-order chi connectivity index (χ1) is 8.78. The Morgan fingerprint density at radius 1 is 1.26 bits per heavy atom. The second kappa shape index (κ2) is 6.10. The third-order valence-corrected chi connectivity index (χ3v) is 2.18. The van der Waals surface area contributed by atoms with Crippen LogP contribution < -0.4 is 5.43 Å². The zero-order valence-electron chi connectivity index (χ0n) is 11.3. The monoisotopic (exact) mass is 264 g/mol. The SMILES string of the molecule is C[N+](C)(C)CC(=O)N/N=C\c1ccc(C(=O)O)cc1. The standard InChI is InChI=1S/C13H17N3O3/c1-16(2,3)9-12(17)15-14-8-10-4-6-11(7-5-10)13(18)19/h4-8H,9H2,1-3H3,(H-,15,17,18,19)/p+1/b14-8-. The molecule has 0 bridgehead atoms. The number of carbonyl (C=O) groups is 2. The third kappa shape index (κ3) is 5.78. The van der Waals surface area contributed by atoms with Gasteiger partial charge in [0.1, 0.15) is 0 Å². The van der Waals surface area contributed by atoms with Gasteiger partial charge in [0.25, 0.3) is 5.91 Å². The Labute approximate surface area is 111 Å². The molecule has 1 aromatic rings. The number of nitrogens with one attached hydrogen (secondary N) is 1. The minimum absolute atomic E-state index is 0.175. The second-order valence-electron chi connectivity index (χ2n) is 5.17. The molecule has 0 fully saturated rings. The van der Waals surface area contributed by atoms with E-state index < -0.39 is 5.97 Å². The van der Waals surface area contributed by atoms with Gasteiger partial charge in [0.05, 0.1) is 32.9 Å². The van der Waals surface area contributed by atoms with Crippen LogP contribution in [0.2, 0.25) is 0 Å². The Balaban J connectivity index is 2.53. The van der Waals surface area contributed by atoms with E-state index in [0.717, 1.165) is 5.56 Å². The summed E-state index contributed by atoms with van der Waals surface area (Å²) in [5.74, 6) is -1.15. The molecule has 0 unspecified atom stereocenters. The minimum Gasteiger partial charge on any atom is -0.478 e. The highest BCUT2D eigenvalue weighted by atomic mass is 16.4. The number of aromatic carboxylic acids is 1. The lowest BCUT2D eigenvalue weighted by atomic mass is 10.1. The lowest BCUT2D eigenvalue weighted by Crippen LogP contribution is -2.43. The molecule has 0 saturated carbocycles. The molecule has 2 N–H and O–H groups in total. The maximum absolute atomic E-state index is 11.5. The van der Waals surface area contributed by atoms with E-state index in [0.29, 0.717) is 11.0 Å². The summed E-state index contributed by atoms with van der Waals surface area (Å²) in [6.07, 6.45) is 1.47. The van der Waals surface area contributed by atoms with Crippen LogP contribution >= 0.6 is 0 Å². The number of nitrogens with zero attached hydrogens (tertiary/aromatic N) is 2. The van der Waals surface area contributed by atoms with E-state index in [1.54, 1.807) is 12.1 Å². The maximum Gasteiger partial charge on any atom is 0.335 e. The summed E-state index contributed by atoms with van der Waals surface area (Å²) in [6.45, 7) is 0.329. The number of hydrogen-bond donors (Lipinski definition) is 2. The average molecular weight is 264 g/mol. The smallest absolute Gasteiger partial charge is 0.335 e. The summed E-state index contributed by atoms with van der Waals surface area (Å²) in [5.41, 5.74) is 3.36. The van der Waals surface area contributed by atoms with Gasteiger partial charge in [-0.2, -0.15) is 5.10 Å². The molecule has 19 heavy (non-hydrogen) atoms. The summed E-state index contributed by atoms with van der Waals surface area (Å²) in [5, 5.41) is 12.6. The van der Waals surface area contributed by atoms with Crippen LogP contribution in [0.1, 0.15) is 15.9 Å². The average Bonchev–Trinajstić information content (AvgIpc) is 2.27. The van der Waals surface area contributed by atoms with Crippen molar-refractivity contribution in [2.45, 2.75) is 0 Å². The first-order valence-electron chi connectivity index (χ1n) is 5.74. The normalized spacial score (nSPS) is 11.5. The summed E-state index contributed by atoms with van der Waals surface area (Å²) < 4.78 is 0.522. The first kappa shape index (κ1) is 14.8. The van der Waals surface area contributed by atoms with Crippen LogP contribution in [-0.4, -0.2) is 55.4 Å². The van der Waals surface area contributed by atoms with Crippen molar-refractivity contribution in [3.63, 3.8) is 0 Å². The summed E-state index contributed by atoms with van der Waals surface area (Å²) in [4.78, 5) is 22.1. The van der Waals surface area contributed by atoms with Gasteiger partial charge in [0, 0.05) is 0 Å². The molecule has 0 spiro atoms. The van der Waals surface area contributed by atoms with E-state index >= 15 is 0 Å². The van der Waals surface area contributed by atoms with Gasteiger partial charge in [-0.05, 0) is 17.7 Å². The number of hydrazone groups is 1. The number of quaternary nitrogens is 1. The molecule has 0 radical (unpaired) electrons. The molecular formula is C13H18N3O3+. The number of rotatable bonds is 5. The quantitative estimate of drug-likeness (QED) is 0.463. The number of hydrogen-bond acceptors (Lipinski definition) is 3. The highest BCUT2D eigenvalue weighted by Gasteiger charge is 2.12. The number of carbonyl (C=O) groups excluding carboxylic acids is 1. The van der Waals surface area contributed by atoms with E-state index in [9.17, 15) is 9.59 Å². The van der Waals surface area contributed by atoms with Crippen LogP contribution in [0.5, 0.6) is 0 Å². The molecule has 1 rings (SSSR count). The zero-order valence-corrected chi connectivity index (χ0v) is 11.3. The second-order valence-corrected chi connectivity index (χ2v) is 5.17. The Kier molecular flexibility index (Phi) is 4.77. The largest absolute Gasteiger partial charge is 0.478 e. The van der Waals surface area contributed by atoms with E-state index in [1.807, 2.05) is 21.1 Å². The molecule has 0 aliphatic heterocycles. The van der Waals surface area contributed by atoms with Crippen LogP contribution in [0.15, 0.2) is 29.4 Å².